The minimum atomic E-state index is -0.390. The molecular formula is C16H20N2O3S. The molecule has 0 radical (unpaired) electrons. The number of hydrogen-bond donors (Lipinski definition) is 1. The van der Waals surface area contributed by atoms with Crippen LogP contribution in [-0.4, -0.2) is 36.7 Å². The molecule has 2 rings (SSSR count). The molecule has 22 heavy (non-hydrogen) atoms. The lowest BCUT2D eigenvalue weighted by Crippen LogP contribution is -2.46. The highest BCUT2D eigenvalue weighted by Crippen LogP contribution is 2.35. The maximum atomic E-state index is 12.3. The maximum absolute atomic E-state index is 12.3. The summed E-state index contributed by atoms with van der Waals surface area (Å²) < 4.78 is 10.6. The molecule has 0 fully saturated rings. The molecule has 0 aromatic heterocycles. The fraction of sp³-hybridized carbons (Fsp3) is 0.375. The van der Waals surface area contributed by atoms with Gasteiger partial charge in [0.25, 0.3) is 0 Å². The molecule has 1 N–H and O–H groups in total. The number of benzene rings is 1. The number of thiocarbonyl (C=S) groups is 1. The number of hydrogen-bond acceptors (Lipinski definition) is 4. The average molecular weight is 320 g/mol. The number of nitrogens with one attached hydrogen (secondary N) is 1. The Morgan fingerprint density at radius 1 is 1.41 bits per heavy atom. The minimum absolute atomic E-state index is 0.379. The number of para-hydroxylation sites is 1. The van der Waals surface area contributed by atoms with Crippen LogP contribution in [0, 0.1) is 0 Å². The van der Waals surface area contributed by atoms with Crippen LogP contribution in [0.4, 0.5) is 0 Å². The lowest BCUT2D eigenvalue weighted by atomic mass is 9.94. The van der Waals surface area contributed by atoms with Crippen molar-refractivity contribution in [2.24, 2.45) is 0 Å². The number of carbonyl (C=O) groups excluding carboxylic acids is 1. The van der Waals surface area contributed by atoms with Crippen LogP contribution in [0.5, 0.6) is 5.75 Å². The standard InChI is InChI=1S/C16H20N2O3S/c1-5-21-12-9-7-6-8-11(12)14-13(15(19)20-4)10(2)18(3)16(22)17-14/h6-9,14H,5H2,1-4H3,(H,17,22). The molecular weight excluding hydrogens is 300 g/mol. The van der Waals surface area contributed by atoms with Crippen molar-refractivity contribution in [1.82, 2.24) is 10.2 Å². The first-order valence-corrected chi connectivity index (χ1v) is 7.47. The molecule has 0 amide bonds. The van der Waals surface area contributed by atoms with Gasteiger partial charge < -0.3 is 19.7 Å². The second kappa shape index (κ2) is 6.79. The molecule has 5 nitrogen and oxygen atoms in total. The number of methoxy groups -OCH3 is 1. The van der Waals surface area contributed by atoms with E-state index in [2.05, 4.69) is 5.32 Å². The third-order valence-corrected chi connectivity index (χ3v) is 4.08. The summed E-state index contributed by atoms with van der Waals surface area (Å²) in [5, 5.41) is 3.75. The number of nitrogens with zero attached hydrogens (tertiary/aromatic N) is 1. The predicted octanol–water partition coefficient (Wildman–Crippen LogP) is 2.39. The third kappa shape index (κ3) is 2.92. The highest BCUT2D eigenvalue weighted by Gasteiger charge is 2.34. The van der Waals surface area contributed by atoms with Gasteiger partial charge in [0.05, 0.1) is 25.3 Å². The number of rotatable bonds is 4. The molecule has 0 spiro atoms. The predicted molar refractivity (Wildman–Crippen MR) is 88.6 cm³/mol. The largest absolute Gasteiger partial charge is 0.494 e. The Balaban J connectivity index is 2.57. The van der Waals surface area contributed by atoms with E-state index < -0.39 is 0 Å². The summed E-state index contributed by atoms with van der Waals surface area (Å²) in [5.74, 6) is 0.347. The highest BCUT2D eigenvalue weighted by atomic mass is 32.1. The number of carbonyl (C=O) groups is 1. The summed E-state index contributed by atoms with van der Waals surface area (Å²) in [7, 11) is 3.19. The van der Waals surface area contributed by atoms with Crippen LogP contribution in [0.15, 0.2) is 35.5 Å². The summed E-state index contributed by atoms with van der Waals surface area (Å²) in [6.45, 7) is 4.33. The van der Waals surface area contributed by atoms with E-state index in [1.165, 1.54) is 7.11 Å². The van der Waals surface area contributed by atoms with Gasteiger partial charge in [-0.25, -0.2) is 4.79 Å². The van der Waals surface area contributed by atoms with Crippen molar-refractivity contribution in [1.29, 1.82) is 0 Å². The number of ether oxygens (including phenoxy) is 2. The van der Waals surface area contributed by atoms with E-state index >= 15 is 0 Å². The lowest BCUT2D eigenvalue weighted by Gasteiger charge is -2.35. The van der Waals surface area contributed by atoms with E-state index in [1.807, 2.05) is 45.2 Å². The van der Waals surface area contributed by atoms with Crippen molar-refractivity contribution in [3.63, 3.8) is 0 Å². The van der Waals surface area contributed by atoms with Crippen molar-refractivity contribution in [3.8, 4) is 5.75 Å². The van der Waals surface area contributed by atoms with Gasteiger partial charge in [-0.2, -0.15) is 0 Å². The summed E-state index contributed by atoms with van der Waals surface area (Å²) in [6.07, 6.45) is 0. The monoisotopic (exact) mass is 320 g/mol. The Morgan fingerprint density at radius 2 is 2.09 bits per heavy atom. The lowest BCUT2D eigenvalue weighted by molar-refractivity contribution is -0.136. The fourth-order valence-electron chi connectivity index (χ4n) is 2.45. The van der Waals surface area contributed by atoms with Gasteiger partial charge in [0.1, 0.15) is 5.75 Å². The first-order valence-electron chi connectivity index (χ1n) is 7.06. The van der Waals surface area contributed by atoms with E-state index in [0.29, 0.717) is 17.3 Å². The zero-order valence-electron chi connectivity index (χ0n) is 13.2. The van der Waals surface area contributed by atoms with Gasteiger partial charge in [0.2, 0.25) is 0 Å². The molecule has 1 aromatic rings. The smallest absolute Gasteiger partial charge is 0.337 e. The molecule has 1 aliphatic heterocycles. The normalized spacial score (nSPS) is 18.1. The molecule has 1 aliphatic rings. The van der Waals surface area contributed by atoms with Crippen LogP contribution in [0.25, 0.3) is 0 Å². The van der Waals surface area contributed by atoms with Crippen LogP contribution in [0.1, 0.15) is 25.5 Å². The van der Waals surface area contributed by atoms with Crippen LogP contribution < -0.4 is 10.1 Å². The van der Waals surface area contributed by atoms with Crippen LogP contribution >= 0.6 is 12.2 Å². The second-order valence-electron chi connectivity index (χ2n) is 4.90. The zero-order chi connectivity index (χ0) is 16.3. The first kappa shape index (κ1) is 16.3. The molecule has 0 bridgehead atoms. The van der Waals surface area contributed by atoms with Gasteiger partial charge in [0, 0.05) is 18.3 Å². The van der Waals surface area contributed by atoms with E-state index in [0.717, 1.165) is 17.0 Å². The second-order valence-corrected chi connectivity index (χ2v) is 5.29. The third-order valence-electron chi connectivity index (χ3n) is 3.69. The van der Waals surface area contributed by atoms with Gasteiger partial charge in [-0.05, 0) is 32.1 Å². The molecule has 1 unspecified atom stereocenters. The van der Waals surface area contributed by atoms with Gasteiger partial charge in [0.15, 0.2) is 5.11 Å². The van der Waals surface area contributed by atoms with Gasteiger partial charge in [-0.1, -0.05) is 18.2 Å². The van der Waals surface area contributed by atoms with Crippen molar-refractivity contribution in [2.45, 2.75) is 19.9 Å². The number of allylic oxidation sites excluding steroid dienone is 1. The summed E-state index contributed by atoms with van der Waals surface area (Å²) >= 11 is 5.35. The van der Waals surface area contributed by atoms with Crippen molar-refractivity contribution in [3.05, 3.63) is 41.1 Å². The van der Waals surface area contributed by atoms with Crippen LogP contribution in [-0.2, 0) is 9.53 Å². The van der Waals surface area contributed by atoms with E-state index in [-0.39, 0.29) is 12.0 Å². The Bertz CT molecular complexity index is 628. The van der Waals surface area contributed by atoms with Gasteiger partial charge in [-0.3, -0.25) is 0 Å². The molecule has 0 saturated carbocycles. The summed E-state index contributed by atoms with van der Waals surface area (Å²) in [5.41, 5.74) is 2.16. The summed E-state index contributed by atoms with van der Waals surface area (Å²) in [4.78, 5) is 14.0. The van der Waals surface area contributed by atoms with E-state index in [9.17, 15) is 4.79 Å². The van der Waals surface area contributed by atoms with Gasteiger partial charge >= 0.3 is 5.97 Å². The molecule has 1 aromatic carbocycles. The van der Waals surface area contributed by atoms with Crippen molar-refractivity contribution >= 4 is 23.3 Å². The van der Waals surface area contributed by atoms with E-state index in [1.54, 1.807) is 4.90 Å². The minimum Gasteiger partial charge on any atom is -0.494 e. The summed E-state index contributed by atoms with van der Waals surface area (Å²) in [6, 6.07) is 7.22. The van der Waals surface area contributed by atoms with Gasteiger partial charge in [-0.15, -0.1) is 0 Å². The zero-order valence-corrected chi connectivity index (χ0v) is 14.0. The quantitative estimate of drug-likeness (QED) is 0.679. The molecule has 1 atom stereocenters. The Kier molecular flexibility index (Phi) is 5.03. The molecule has 6 heteroatoms. The molecule has 1 heterocycles. The Morgan fingerprint density at radius 3 is 2.73 bits per heavy atom. The first-order chi connectivity index (χ1) is 10.5. The fourth-order valence-corrected chi connectivity index (χ4v) is 2.70. The van der Waals surface area contributed by atoms with Crippen LogP contribution in [0.2, 0.25) is 0 Å². The topological polar surface area (TPSA) is 50.8 Å². The highest BCUT2D eigenvalue weighted by molar-refractivity contribution is 7.80. The maximum Gasteiger partial charge on any atom is 0.337 e. The van der Waals surface area contributed by atoms with Crippen molar-refractivity contribution in [2.75, 3.05) is 20.8 Å². The number of esters is 1. The molecule has 118 valence electrons. The molecule has 0 saturated heterocycles. The Hall–Kier alpha value is -2.08. The van der Waals surface area contributed by atoms with Crippen LogP contribution in [0.3, 0.4) is 0 Å². The van der Waals surface area contributed by atoms with Crippen molar-refractivity contribution < 1.29 is 14.3 Å². The SMILES string of the molecule is CCOc1ccccc1C1NC(=S)N(C)C(C)=C1C(=O)OC. The van der Waals surface area contributed by atoms with E-state index in [4.69, 9.17) is 21.7 Å². The molecule has 0 aliphatic carbocycles. The Labute approximate surface area is 135 Å². The average Bonchev–Trinajstić information content (AvgIpc) is 2.52.